The third kappa shape index (κ3) is 6.29. The van der Waals surface area contributed by atoms with E-state index < -0.39 is 36.0 Å². The molecule has 0 fully saturated rings. The monoisotopic (exact) mass is 460 g/mol. The largest absolute Gasteiger partial charge is 0.546 e. The summed E-state index contributed by atoms with van der Waals surface area (Å²) in [5.41, 5.74) is 1.50. The number of carboxylic acids is 1. The van der Waals surface area contributed by atoms with Gasteiger partial charge in [-0.2, -0.15) is 0 Å². The molecule has 0 saturated carbocycles. The predicted octanol–water partition coefficient (Wildman–Crippen LogP) is 2.39. The number of amides is 1. The maximum atomic E-state index is 13.0. The number of benzene rings is 3. The van der Waals surface area contributed by atoms with Gasteiger partial charge < -0.3 is 24.7 Å². The lowest BCUT2D eigenvalue weighted by molar-refractivity contribution is -0.317. The van der Waals surface area contributed by atoms with Gasteiger partial charge in [0.25, 0.3) is 5.91 Å². The number of hydrogen-bond donors (Lipinski definition) is 1. The normalized spacial score (nSPS) is 12.1. The Morgan fingerprint density at radius 2 is 1.21 bits per heavy atom. The molecule has 2 atom stereocenters. The molecule has 0 aliphatic heterocycles. The van der Waals surface area contributed by atoms with E-state index in [-0.39, 0.29) is 11.1 Å². The molecule has 0 aromatic heterocycles. The number of aliphatic carboxylic acids is 1. The van der Waals surface area contributed by atoms with Crippen LogP contribution in [0.3, 0.4) is 0 Å². The molecule has 0 radical (unpaired) electrons. The maximum Gasteiger partial charge on any atom is 0.339 e. The minimum atomic E-state index is -2.20. The Morgan fingerprint density at radius 3 is 1.65 bits per heavy atom. The van der Waals surface area contributed by atoms with Gasteiger partial charge in [-0.15, -0.1) is 0 Å². The summed E-state index contributed by atoms with van der Waals surface area (Å²) in [6.45, 7) is 1.97. The molecule has 8 heteroatoms. The number of carbonyl (C=O) groups is 4. The minimum absolute atomic E-state index is 0.0532. The molecule has 0 bridgehead atoms. The first-order chi connectivity index (χ1) is 16.4. The zero-order valence-electron chi connectivity index (χ0n) is 18.3. The lowest BCUT2D eigenvalue weighted by Crippen LogP contribution is -2.52. The van der Waals surface area contributed by atoms with Crippen molar-refractivity contribution in [2.75, 3.05) is 5.32 Å². The Hall–Kier alpha value is -4.46. The van der Waals surface area contributed by atoms with E-state index in [2.05, 4.69) is 5.32 Å². The van der Waals surface area contributed by atoms with Gasteiger partial charge in [-0.05, 0) is 48.4 Å². The number of rotatable bonds is 9. The second-order valence-electron chi connectivity index (χ2n) is 7.24. The Morgan fingerprint density at radius 1 is 0.735 bits per heavy atom. The number of hydrogen-bond acceptors (Lipinski definition) is 7. The van der Waals surface area contributed by atoms with Crippen LogP contribution in [0, 0.1) is 0 Å². The highest BCUT2D eigenvalue weighted by molar-refractivity contribution is 6.01. The van der Waals surface area contributed by atoms with Crippen LogP contribution in [0.2, 0.25) is 0 Å². The molecule has 1 amide bonds. The van der Waals surface area contributed by atoms with E-state index in [1.165, 1.54) is 24.3 Å². The summed E-state index contributed by atoms with van der Waals surface area (Å²) >= 11 is 0. The number of carboxylic acid groups (broad SMARTS) is 1. The van der Waals surface area contributed by atoms with Crippen LogP contribution in [0.5, 0.6) is 0 Å². The van der Waals surface area contributed by atoms with Crippen molar-refractivity contribution < 1.29 is 33.8 Å². The summed E-state index contributed by atoms with van der Waals surface area (Å²) < 4.78 is 10.3. The number of carbonyl (C=O) groups excluding carboxylic acids is 4. The lowest BCUT2D eigenvalue weighted by Gasteiger charge is -2.27. The highest BCUT2D eigenvalue weighted by Crippen LogP contribution is 2.16. The fourth-order valence-corrected chi connectivity index (χ4v) is 3.04. The highest BCUT2D eigenvalue weighted by atomic mass is 16.6. The second-order valence-corrected chi connectivity index (χ2v) is 7.24. The fourth-order valence-electron chi connectivity index (χ4n) is 3.04. The Balaban J connectivity index is 1.88. The van der Waals surface area contributed by atoms with Crippen LogP contribution in [0.25, 0.3) is 0 Å². The van der Waals surface area contributed by atoms with Gasteiger partial charge >= 0.3 is 11.9 Å². The molecular weight excluding hydrogens is 438 g/mol. The smallest absolute Gasteiger partial charge is 0.339 e. The van der Waals surface area contributed by atoms with Gasteiger partial charge in [0.2, 0.25) is 6.10 Å². The lowest BCUT2D eigenvalue weighted by atomic mass is 10.1. The van der Waals surface area contributed by atoms with Crippen LogP contribution in [0.4, 0.5) is 5.69 Å². The van der Waals surface area contributed by atoms with Crippen molar-refractivity contribution in [1.29, 1.82) is 0 Å². The van der Waals surface area contributed by atoms with E-state index in [4.69, 9.17) is 9.47 Å². The van der Waals surface area contributed by atoms with E-state index in [1.807, 2.05) is 6.92 Å². The molecule has 174 valence electrons. The predicted molar refractivity (Wildman–Crippen MR) is 121 cm³/mol. The van der Waals surface area contributed by atoms with Gasteiger partial charge in [-0.1, -0.05) is 55.5 Å². The number of esters is 2. The zero-order chi connectivity index (χ0) is 24.5. The second kappa shape index (κ2) is 11.4. The van der Waals surface area contributed by atoms with Crippen LogP contribution in [-0.4, -0.2) is 36.0 Å². The van der Waals surface area contributed by atoms with E-state index >= 15 is 0 Å². The first-order valence-electron chi connectivity index (χ1n) is 10.5. The SMILES string of the molecule is CCc1ccc(NC(=O)[C@H](OC(=O)c2ccccc2)[C@@H](OC(=O)c2ccccc2)C(=O)[O-])cc1. The van der Waals surface area contributed by atoms with E-state index in [0.717, 1.165) is 12.0 Å². The molecule has 34 heavy (non-hydrogen) atoms. The molecule has 1 N–H and O–H groups in total. The van der Waals surface area contributed by atoms with Crippen molar-refractivity contribution in [1.82, 2.24) is 0 Å². The van der Waals surface area contributed by atoms with Gasteiger partial charge in [0.1, 0.15) is 0 Å². The molecular formula is C26H22NO7-. The minimum Gasteiger partial charge on any atom is -0.546 e. The third-order valence-electron chi connectivity index (χ3n) is 4.88. The molecule has 0 aliphatic carbocycles. The van der Waals surface area contributed by atoms with E-state index in [1.54, 1.807) is 60.7 Å². The van der Waals surface area contributed by atoms with Crippen LogP contribution in [-0.2, 0) is 25.5 Å². The molecule has 3 aromatic rings. The van der Waals surface area contributed by atoms with Gasteiger partial charge in [-0.3, -0.25) is 4.79 Å². The first kappa shape index (κ1) is 24.2. The van der Waals surface area contributed by atoms with E-state index in [9.17, 15) is 24.3 Å². The average Bonchev–Trinajstić information content (AvgIpc) is 2.87. The third-order valence-corrected chi connectivity index (χ3v) is 4.88. The number of aryl methyl sites for hydroxylation is 1. The molecule has 0 aliphatic rings. The summed E-state index contributed by atoms with van der Waals surface area (Å²) in [5, 5.41) is 14.4. The van der Waals surface area contributed by atoms with E-state index in [0.29, 0.717) is 5.69 Å². The molecule has 3 aromatic carbocycles. The first-order valence-corrected chi connectivity index (χ1v) is 10.5. The Labute approximate surface area is 196 Å². The van der Waals surface area contributed by atoms with Crippen LogP contribution in [0.15, 0.2) is 84.9 Å². The summed E-state index contributed by atoms with van der Waals surface area (Å²) in [4.78, 5) is 50.0. The standard InChI is InChI=1S/C26H23NO7/c1-2-17-13-15-20(16-14-17)27-23(28)21(33-25(31)18-9-5-3-6-10-18)22(24(29)30)34-26(32)19-11-7-4-8-12-19/h3-16,21-22H,2H2,1H3,(H,27,28)(H,29,30)/p-1/t21-,22-/m1/s1. The number of ether oxygens (including phenoxy) is 2. The maximum absolute atomic E-state index is 13.0. The average molecular weight is 460 g/mol. The number of nitrogens with one attached hydrogen (secondary N) is 1. The Kier molecular flexibility index (Phi) is 8.12. The van der Waals surface area contributed by atoms with Gasteiger partial charge in [0.15, 0.2) is 6.10 Å². The molecule has 0 unspecified atom stereocenters. The van der Waals surface area contributed by atoms with Gasteiger partial charge in [0, 0.05) is 5.69 Å². The Bertz CT molecular complexity index is 1140. The van der Waals surface area contributed by atoms with Gasteiger partial charge in [-0.25, -0.2) is 9.59 Å². The van der Waals surface area contributed by atoms with Crippen molar-refractivity contribution in [3.63, 3.8) is 0 Å². The molecule has 3 rings (SSSR count). The van der Waals surface area contributed by atoms with Crippen LogP contribution in [0.1, 0.15) is 33.2 Å². The number of anilines is 1. The van der Waals surface area contributed by atoms with Gasteiger partial charge in [0.05, 0.1) is 17.1 Å². The van der Waals surface area contributed by atoms with Crippen molar-refractivity contribution in [2.45, 2.75) is 25.6 Å². The summed E-state index contributed by atoms with van der Waals surface area (Å²) in [6.07, 6.45) is -3.43. The summed E-state index contributed by atoms with van der Waals surface area (Å²) in [6, 6.07) is 22.1. The topological polar surface area (TPSA) is 122 Å². The zero-order valence-corrected chi connectivity index (χ0v) is 18.3. The molecule has 8 nitrogen and oxygen atoms in total. The summed E-state index contributed by atoms with van der Waals surface area (Å²) in [7, 11) is 0. The fraction of sp³-hybridized carbons (Fsp3) is 0.154. The van der Waals surface area contributed by atoms with Crippen LogP contribution < -0.4 is 10.4 Å². The quantitative estimate of drug-likeness (QED) is 0.487. The van der Waals surface area contributed by atoms with Crippen molar-refractivity contribution in [3.8, 4) is 0 Å². The van der Waals surface area contributed by atoms with Crippen LogP contribution >= 0.6 is 0 Å². The molecule has 0 heterocycles. The van der Waals surface area contributed by atoms with Crippen molar-refractivity contribution in [2.24, 2.45) is 0 Å². The van der Waals surface area contributed by atoms with Crippen molar-refractivity contribution in [3.05, 3.63) is 102 Å². The molecule has 0 saturated heterocycles. The van der Waals surface area contributed by atoms with Crippen molar-refractivity contribution >= 4 is 29.5 Å². The summed E-state index contributed by atoms with van der Waals surface area (Å²) in [5.74, 6) is -4.88. The highest BCUT2D eigenvalue weighted by Gasteiger charge is 2.37. The molecule has 0 spiro atoms.